The number of halogens is 3. The Bertz CT molecular complexity index is 3700. The van der Waals surface area contributed by atoms with E-state index in [1.54, 1.807) is 42.7 Å². The van der Waals surface area contributed by atoms with Gasteiger partial charge in [0.2, 0.25) is 16.7 Å². The van der Waals surface area contributed by atoms with Crippen LogP contribution in [0.25, 0.3) is 77.6 Å². The van der Waals surface area contributed by atoms with E-state index in [0.717, 1.165) is 29.0 Å². The van der Waals surface area contributed by atoms with Crippen molar-refractivity contribution in [3.8, 4) is 11.4 Å². The standard InChI is InChI=1S/C22H16FN5O3.C14H17BFNO2.C14H11ClN4O3/c23-15-1-2-16-13(3-4-24-16)17(15)20-26-18-14-9-12(11-29)10-25-22(14)31-19(18)21(27-20)28-5-7-30-8-6-28;1-13(2)14(3,4)19-15(18-13)12-9-7-8-17-11(9)6-5-10(12)16;15-14-17-10-9-5-8(7-20)6-16-13(9)22-11(10)12(18-14)19-1-3-21-4-2-19/h1-4,9-11,24H,5-8H2;5-8,17H,1-4H3;5-7H,1-4H2. The van der Waals surface area contributed by atoms with Crippen molar-refractivity contribution in [2.45, 2.75) is 38.9 Å². The second kappa shape index (κ2) is 18.6. The van der Waals surface area contributed by atoms with Gasteiger partial charge in [-0.3, -0.25) is 9.59 Å². The summed E-state index contributed by atoms with van der Waals surface area (Å²) in [4.78, 5) is 58.8. The number of hydrogen-bond donors (Lipinski definition) is 2. The summed E-state index contributed by atoms with van der Waals surface area (Å²) < 4.78 is 63.7. The summed E-state index contributed by atoms with van der Waals surface area (Å²) in [6.07, 6.45) is 7.90. The zero-order valence-corrected chi connectivity index (χ0v) is 40.1. The van der Waals surface area contributed by atoms with Crippen molar-refractivity contribution in [3.05, 3.63) is 101 Å². The summed E-state index contributed by atoms with van der Waals surface area (Å²) in [5.41, 5.74) is 5.16. The molecule has 8 aromatic heterocycles. The number of furan rings is 2. The van der Waals surface area contributed by atoms with E-state index in [9.17, 15) is 14.0 Å². The normalized spacial score (nSPS) is 16.7. The molecule has 0 saturated carbocycles. The van der Waals surface area contributed by atoms with E-state index in [0.29, 0.717) is 136 Å². The maximum absolute atomic E-state index is 15.0. The Kier molecular flexibility index (Phi) is 12.1. The first-order valence-corrected chi connectivity index (χ1v) is 23.5. The number of morpholine rings is 2. The highest BCUT2D eigenvalue weighted by Gasteiger charge is 2.53. The lowest BCUT2D eigenvalue weighted by Crippen LogP contribution is -2.41. The molecule has 0 atom stereocenters. The highest BCUT2D eigenvalue weighted by atomic mass is 35.5. The van der Waals surface area contributed by atoms with Crippen LogP contribution in [0.4, 0.5) is 20.4 Å². The lowest BCUT2D eigenvalue weighted by molar-refractivity contribution is 0.00578. The van der Waals surface area contributed by atoms with Gasteiger partial charge in [0, 0.05) is 89.4 Å². The third-order valence-electron chi connectivity index (χ3n) is 13.3. The number of aromatic amines is 2. The van der Waals surface area contributed by atoms with E-state index in [-0.39, 0.29) is 16.9 Å². The molecule has 2 aromatic carbocycles. The molecule has 72 heavy (non-hydrogen) atoms. The number of fused-ring (bicyclic) bond motifs is 8. The second-order valence-corrected chi connectivity index (χ2v) is 18.6. The SMILES string of the molecule is CC1(C)OB(c2c(F)ccc3[nH]ccc23)OC1(C)C.O=Cc1cnc2oc3c(N4CCOCC4)nc(-c4c(F)ccc5[nH]ccc45)nc3c2c1.O=Cc1cnc2oc3c(N4CCOCC4)nc(Cl)nc3c2c1. The molecule has 10 aromatic rings. The molecule has 0 unspecified atom stereocenters. The molecule has 366 valence electrons. The van der Waals surface area contributed by atoms with E-state index in [1.807, 2.05) is 43.6 Å². The van der Waals surface area contributed by atoms with E-state index >= 15 is 4.39 Å². The summed E-state index contributed by atoms with van der Waals surface area (Å²) in [6, 6.07) is 13.3. The molecule has 22 heteroatoms. The van der Waals surface area contributed by atoms with E-state index < -0.39 is 24.1 Å². The molecular formula is C50H44BClF2N10O8. The average molecular weight is 997 g/mol. The van der Waals surface area contributed by atoms with Crippen molar-refractivity contribution >= 4 is 115 Å². The maximum atomic E-state index is 15.0. The topological polar surface area (TPSA) is 213 Å². The van der Waals surface area contributed by atoms with Gasteiger partial charge in [-0.2, -0.15) is 4.98 Å². The van der Waals surface area contributed by atoms with Gasteiger partial charge in [-0.15, -0.1) is 0 Å². The van der Waals surface area contributed by atoms with Crippen molar-refractivity contribution in [3.63, 3.8) is 0 Å². The number of anilines is 2. The van der Waals surface area contributed by atoms with Gasteiger partial charge in [-0.25, -0.2) is 33.7 Å². The van der Waals surface area contributed by atoms with Gasteiger partial charge in [0.1, 0.15) is 22.7 Å². The zero-order valence-electron chi connectivity index (χ0n) is 39.3. The zero-order chi connectivity index (χ0) is 49.9. The molecule has 2 N–H and O–H groups in total. The van der Waals surface area contributed by atoms with Gasteiger partial charge in [0.25, 0.3) is 0 Å². The first kappa shape index (κ1) is 46.9. The molecule has 3 aliphatic rings. The van der Waals surface area contributed by atoms with Gasteiger partial charge >= 0.3 is 7.12 Å². The fraction of sp³-hybridized carbons (Fsp3) is 0.280. The van der Waals surface area contributed by atoms with Crippen molar-refractivity contribution < 1.29 is 46.0 Å². The molecule has 3 aliphatic heterocycles. The summed E-state index contributed by atoms with van der Waals surface area (Å²) in [5, 5.41) is 2.86. The molecule has 11 heterocycles. The van der Waals surface area contributed by atoms with Gasteiger partial charge < -0.3 is 47.4 Å². The maximum Gasteiger partial charge on any atom is 0.498 e. The number of rotatable bonds is 6. The predicted octanol–water partition coefficient (Wildman–Crippen LogP) is 8.39. The number of ether oxygens (including phenoxy) is 2. The number of aldehydes is 2. The fourth-order valence-corrected chi connectivity index (χ4v) is 9.08. The molecular weight excluding hydrogens is 953 g/mol. The first-order chi connectivity index (χ1) is 34.8. The van der Waals surface area contributed by atoms with Gasteiger partial charge in [-0.05, 0) is 87.8 Å². The van der Waals surface area contributed by atoms with E-state index in [1.165, 1.54) is 24.5 Å². The van der Waals surface area contributed by atoms with Crippen molar-refractivity contribution in [2.75, 3.05) is 62.4 Å². The number of benzene rings is 2. The Hall–Kier alpha value is -7.43. The molecule has 0 radical (unpaired) electrons. The summed E-state index contributed by atoms with van der Waals surface area (Å²) in [6.45, 7) is 12.8. The average Bonchev–Trinajstić information content (AvgIpc) is 4.24. The Labute approximate surface area is 413 Å². The molecule has 0 spiro atoms. The number of pyridine rings is 2. The molecule has 0 aliphatic carbocycles. The summed E-state index contributed by atoms with van der Waals surface area (Å²) in [5.74, 6) is 0.713. The van der Waals surface area contributed by atoms with Crippen molar-refractivity contribution in [1.82, 2.24) is 39.9 Å². The Morgan fingerprint density at radius 1 is 0.639 bits per heavy atom. The minimum atomic E-state index is -0.676. The van der Waals surface area contributed by atoms with Gasteiger partial charge in [-0.1, -0.05) is 0 Å². The third-order valence-corrected chi connectivity index (χ3v) is 13.5. The van der Waals surface area contributed by atoms with Gasteiger partial charge in [0.05, 0.1) is 54.0 Å². The number of nitrogens with one attached hydrogen (secondary N) is 2. The molecule has 0 amide bonds. The summed E-state index contributed by atoms with van der Waals surface area (Å²) >= 11 is 6.06. The van der Waals surface area contributed by atoms with Crippen molar-refractivity contribution in [1.29, 1.82) is 0 Å². The minimum Gasteiger partial charge on any atom is -0.432 e. The lowest BCUT2D eigenvalue weighted by atomic mass is 9.76. The Balaban J connectivity index is 0.000000121. The Morgan fingerprint density at radius 3 is 1.69 bits per heavy atom. The quantitative estimate of drug-likeness (QED) is 0.0909. The van der Waals surface area contributed by atoms with Crippen LogP contribution in [0.1, 0.15) is 48.4 Å². The first-order valence-electron chi connectivity index (χ1n) is 23.1. The largest absolute Gasteiger partial charge is 0.498 e. The van der Waals surface area contributed by atoms with Crippen LogP contribution >= 0.6 is 11.6 Å². The molecule has 3 fully saturated rings. The second-order valence-electron chi connectivity index (χ2n) is 18.3. The molecule has 3 saturated heterocycles. The van der Waals surface area contributed by atoms with Crippen LogP contribution in [0.15, 0.2) is 82.2 Å². The highest BCUT2D eigenvalue weighted by molar-refractivity contribution is 6.65. The third kappa shape index (κ3) is 8.45. The monoisotopic (exact) mass is 996 g/mol. The molecule has 13 rings (SSSR count). The van der Waals surface area contributed by atoms with Crippen molar-refractivity contribution in [2.24, 2.45) is 0 Å². The smallest absolute Gasteiger partial charge is 0.432 e. The number of carbonyl (C=O) groups is 2. The number of nitrogens with zero attached hydrogens (tertiary/aromatic N) is 8. The number of hydrogen-bond acceptors (Lipinski definition) is 16. The van der Waals surface area contributed by atoms with Crippen LogP contribution in [0, 0.1) is 11.6 Å². The minimum absolute atomic E-state index is 0.133. The van der Waals surface area contributed by atoms with Crippen LogP contribution in [0.3, 0.4) is 0 Å². The predicted molar refractivity (Wildman–Crippen MR) is 267 cm³/mol. The number of H-pyrrole nitrogens is 2. The van der Waals surface area contributed by atoms with E-state index in [2.05, 4.69) is 34.9 Å². The van der Waals surface area contributed by atoms with Crippen LogP contribution in [0.5, 0.6) is 0 Å². The number of aromatic nitrogens is 8. The van der Waals surface area contributed by atoms with Gasteiger partial charge in [0.15, 0.2) is 41.2 Å². The molecule has 0 bridgehead atoms. The lowest BCUT2D eigenvalue weighted by Gasteiger charge is -2.32. The van der Waals surface area contributed by atoms with Crippen LogP contribution < -0.4 is 15.3 Å². The highest BCUT2D eigenvalue weighted by Crippen LogP contribution is 2.39. The van der Waals surface area contributed by atoms with Crippen LogP contribution in [-0.2, 0) is 18.8 Å². The number of carbonyl (C=O) groups excluding carboxylic acids is 2. The fourth-order valence-electron chi connectivity index (χ4n) is 8.92. The summed E-state index contributed by atoms with van der Waals surface area (Å²) in [7, 11) is -0.676. The van der Waals surface area contributed by atoms with Crippen LogP contribution in [-0.4, -0.2) is 123 Å². The Morgan fingerprint density at radius 2 is 1.14 bits per heavy atom. The molecule has 18 nitrogen and oxygen atoms in total. The van der Waals surface area contributed by atoms with Crippen LogP contribution in [0.2, 0.25) is 5.28 Å². The van der Waals surface area contributed by atoms with E-state index in [4.69, 9.17) is 44.2 Å².